The summed E-state index contributed by atoms with van der Waals surface area (Å²) in [7, 11) is -0.750. The Morgan fingerprint density at radius 3 is 2.00 bits per heavy atom. The molecule has 0 heterocycles. The molecule has 3 nitrogen and oxygen atoms in total. The summed E-state index contributed by atoms with van der Waals surface area (Å²) in [5, 5.41) is 14.2. The third kappa shape index (κ3) is 4.54. The second-order valence-electron chi connectivity index (χ2n) is 2.01. The first kappa shape index (κ1) is 10.7. The van der Waals surface area contributed by atoms with E-state index in [-0.39, 0.29) is 0 Å². The van der Waals surface area contributed by atoms with Crippen LogP contribution < -0.4 is 5.73 Å². The smallest absolute Gasteiger partial charge is 0.430 e. The highest BCUT2D eigenvalue weighted by molar-refractivity contribution is 6.13. The minimum atomic E-state index is -0.750. The van der Waals surface area contributed by atoms with E-state index in [1.165, 1.54) is 0 Å². The summed E-state index contributed by atoms with van der Waals surface area (Å²) >= 11 is 0. The van der Waals surface area contributed by atoms with Gasteiger partial charge in [0.05, 0.1) is 0 Å². The number of nitrogen functional groups attached to an aromatic ring is 1. The van der Waals surface area contributed by atoms with E-state index in [0.29, 0.717) is 0 Å². The van der Waals surface area contributed by atoms with E-state index in [9.17, 15) is 0 Å². The SMILES string of the molecule is C=Cc1ccc(N)cc1.OBO. The van der Waals surface area contributed by atoms with Crippen LogP contribution in [0.15, 0.2) is 30.8 Å². The van der Waals surface area contributed by atoms with Crippen molar-refractivity contribution in [2.24, 2.45) is 0 Å². The van der Waals surface area contributed by atoms with Crippen LogP contribution in [0.25, 0.3) is 6.08 Å². The molecule has 0 bridgehead atoms. The predicted octanol–water partition coefficient (Wildman–Crippen LogP) is 0.149. The molecule has 0 amide bonds. The Morgan fingerprint density at radius 2 is 1.67 bits per heavy atom. The van der Waals surface area contributed by atoms with Gasteiger partial charge in [-0.3, -0.25) is 0 Å². The van der Waals surface area contributed by atoms with Crippen LogP contribution in [0.1, 0.15) is 5.56 Å². The predicted molar refractivity (Wildman–Crippen MR) is 52.5 cm³/mol. The minimum absolute atomic E-state index is 0.750. The summed E-state index contributed by atoms with van der Waals surface area (Å²) < 4.78 is 0. The van der Waals surface area contributed by atoms with Gasteiger partial charge in [0.25, 0.3) is 0 Å². The number of benzene rings is 1. The fourth-order valence-electron chi connectivity index (χ4n) is 0.632. The molecule has 0 spiro atoms. The van der Waals surface area contributed by atoms with Crippen LogP contribution in [-0.4, -0.2) is 17.7 Å². The van der Waals surface area contributed by atoms with Crippen LogP contribution >= 0.6 is 0 Å². The summed E-state index contributed by atoms with van der Waals surface area (Å²) in [6, 6.07) is 7.58. The summed E-state index contributed by atoms with van der Waals surface area (Å²) in [6.45, 7) is 3.62. The van der Waals surface area contributed by atoms with Crippen LogP contribution in [0.2, 0.25) is 0 Å². The number of rotatable bonds is 1. The van der Waals surface area contributed by atoms with Gasteiger partial charge in [-0.25, -0.2) is 0 Å². The average molecular weight is 165 g/mol. The highest BCUT2D eigenvalue weighted by Crippen LogP contribution is 2.05. The molecule has 0 aliphatic rings. The van der Waals surface area contributed by atoms with Crippen molar-refractivity contribution in [2.75, 3.05) is 5.73 Å². The largest absolute Gasteiger partial charge is 0.432 e. The van der Waals surface area contributed by atoms with Crippen molar-refractivity contribution in [3.05, 3.63) is 36.4 Å². The lowest BCUT2D eigenvalue weighted by atomic mass is 10.2. The second kappa shape index (κ2) is 6.45. The number of hydrogen-bond acceptors (Lipinski definition) is 3. The Labute approximate surface area is 72.5 Å². The molecule has 0 saturated heterocycles. The van der Waals surface area contributed by atoms with Gasteiger partial charge < -0.3 is 15.8 Å². The fourth-order valence-corrected chi connectivity index (χ4v) is 0.632. The zero-order valence-electron chi connectivity index (χ0n) is 6.77. The molecule has 0 aliphatic heterocycles. The number of anilines is 1. The van der Waals surface area contributed by atoms with Crippen molar-refractivity contribution in [1.29, 1.82) is 0 Å². The van der Waals surface area contributed by atoms with Crippen LogP contribution in [0.4, 0.5) is 5.69 Å². The van der Waals surface area contributed by atoms with E-state index >= 15 is 0 Å². The molecule has 64 valence electrons. The Bertz CT molecular complexity index is 223. The first-order chi connectivity index (χ1) is 5.74. The summed E-state index contributed by atoms with van der Waals surface area (Å²) in [5.41, 5.74) is 7.34. The molecule has 1 rings (SSSR count). The third-order valence-electron chi connectivity index (χ3n) is 1.17. The van der Waals surface area contributed by atoms with E-state index in [1.54, 1.807) is 6.08 Å². The second-order valence-corrected chi connectivity index (χ2v) is 2.01. The van der Waals surface area contributed by atoms with Crippen molar-refractivity contribution in [3.63, 3.8) is 0 Å². The lowest BCUT2D eigenvalue weighted by Gasteiger charge is -1.91. The van der Waals surface area contributed by atoms with Gasteiger partial charge in [-0.1, -0.05) is 24.8 Å². The van der Waals surface area contributed by atoms with Gasteiger partial charge in [-0.15, -0.1) is 0 Å². The molecule has 4 heteroatoms. The molecule has 0 radical (unpaired) electrons. The number of hydrogen-bond donors (Lipinski definition) is 3. The molecule has 12 heavy (non-hydrogen) atoms. The molecule has 4 N–H and O–H groups in total. The highest BCUT2D eigenvalue weighted by atomic mass is 16.4. The maximum Gasteiger partial charge on any atom is 0.432 e. The van der Waals surface area contributed by atoms with E-state index in [0.717, 1.165) is 11.3 Å². The maximum absolute atomic E-state index is 7.12. The first-order valence-electron chi connectivity index (χ1n) is 3.44. The molecular formula is C8H12BNO2. The standard InChI is InChI=1S/C8H9N.BH3O2/c1-2-7-3-5-8(9)6-4-7;2-1-3/h2-6H,1,9H2;1-3H. The highest BCUT2D eigenvalue weighted by Gasteiger charge is 1.82. The van der Waals surface area contributed by atoms with Crippen molar-refractivity contribution in [1.82, 2.24) is 0 Å². The number of nitrogens with two attached hydrogens (primary N) is 1. The minimum Gasteiger partial charge on any atom is -0.430 e. The van der Waals surface area contributed by atoms with Gasteiger partial charge in [0.15, 0.2) is 0 Å². The Morgan fingerprint density at radius 1 is 1.25 bits per heavy atom. The quantitative estimate of drug-likeness (QED) is 0.409. The molecular weight excluding hydrogens is 153 g/mol. The van der Waals surface area contributed by atoms with Crippen LogP contribution in [0, 0.1) is 0 Å². The zero-order chi connectivity index (χ0) is 9.40. The fraction of sp³-hybridized carbons (Fsp3) is 0. The zero-order valence-corrected chi connectivity index (χ0v) is 6.77. The van der Waals surface area contributed by atoms with E-state index < -0.39 is 7.69 Å². The first-order valence-corrected chi connectivity index (χ1v) is 3.44. The van der Waals surface area contributed by atoms with Crippen LogP contribution in [-0.2, 0) is 0 Å². The van der Waals surface area contributed by atoms with Gasteiger partial charge in [0.1, 0.15) is 0 Å². The molecule has 0 aliphatic carbocycles. The molecule has 0 unspecified atom stereocenters. The lowest BCUT2D eigenvalue weighted by Crippen LogP contribution is -1.81. The molecule has 0 fully saturated rings. The summed E-state index contributed by atoms with van der Waals surface area (Å²) in [6.07, 6.45) is 1.79. The van der Waals surface area contributed by atoms with Gasteiger partial charge in [-0.2, -0.15) is 0 Å². The van der Waals surface area contributed by atoms with Crippen molar-refractivity contribution < 1.29 is 10.0 Å². The van der Waals surface area contributed by atoms with Crippen molar-refractivity contribution in [2.45, 2.75) is 0 Å². The van der Waals surface area contributed by atoms with E-state index in [2.05, 4.69) is 6.58 Å². The average Bonchev–Trinajstić information content (AvgIpc) is 2.07. The van der Waals surface area contributed by atoms with Gasteiger partial charge >= 0.3 is 7.69 Å². The van der Waals surface area contributed by atoms with Gasteiger partial charge in [-0.05, 0) is 17.7 Å². The molecule has 0 atom stereocenters. The van der Waals surface area contributed by atoms with E-state index in [4.69, 9.17) is 15.8 Å². The third-order valence-corrected chi connectivity index (χ3v) is 1.17. The lowest BCUT2D eigenvalue weighted by molar-refractivity contribution is 0.448. The molecule has 1 aromatic rings. The Kier molecular flexibility index (Phi) is 5.78. The topological polar surface area (TPSA) is 66.5 Å². The van der Waals surface area contributed by atoms with Crippen LogP contribution in [0.3, 0.4) is 0 Å². The van der Waals surface area contributed by atoms with E-state index in [1.807, 2.05) is 24.3 Å². The monoisotopic (exact) mass is 165 g/mol. The Hall–Kier alpha value is -1.26. The normalized spacial score (nSPS) is 7.83. The van der Waals surface area contributed by atoms with Gasteiger partial charge in [0.2, 0.25) is 0 Å². The summed E-state index contributed by atoms with van der Waals surface area (Å²) in [4.78, 5) is 0. The summed E-state index contributed by atoms with van der Waals surface area (Å²) in [5.74, 6) is 0. The van der Waals surface area contributed by atoms with Crippen molar-refractivity contribution in [3.8, 4) is 0 Å². The molecule has 0 saturated carbocycles. The maximum atomic E-state index is 7.12. The molecule has 1 aromatic carbocycles. The van der Waals surface area contributed by atoms with Crippen molar-refractivity contribution >= 4 is 19.4 Å². The Balaban J connectivity index is 0.000000354. The van der Waals surface area contributed by atoms with Gasteiger partial charge in [0, 0.05) is 5.69 Å². The molecule has 0 aromatic heterocycles. The van der Waals surface area contributed by atoms with Crippen LogP contribution in [0.5, 0.6) is 0 Å².